The molecular weight excluding hydrogens is 219 g/mol. The molecule has 2 rings (SSSR count). The van der Waals surface area contributed by atoms with Gasteiger partial charge in [0.2, 0.25) is 0 Å². The summed E-state index contributed by atoms with van der Waals surface area (Å²) in [5.74, 6) is -0.111. The Balaban J connectivity index is 2.22. The van der Waals surface area contributed by atoms with Gasteiger partial charge in [-0.3, -0.25) is 9.67 Å². The van der Waals surface area contributed by atoms with Gasteiger partial charge >= 0.3 is 0 Å². The molecule has 0 aliphatic heterocycles. The maximum Gasteiger partial charge on any atom is 0.164 e. The number of hydrogen-bond donors (Lipinski definition) is 1. The second-order valence-electron chi connectivity index (χ2n) is 3.07. The summed E-state index contributed by atoms with van der Waals surface area (Å²) in [4.78, 5) is 3.73. The summed E-state index contributed by atoms with van der Waals surface area (Å²) in [7, 11) is 0. The maximum atomic E-state index is 12.8. The van der Waals surface area contributed by atoms with E-state index in [0.29, 0.717) is 17.1 Å². The number of nitrogens with two attached hydrogens (primary N) is 1. The quantitative estimate of drug-likeness (QED) is 0.848. The monoisotopic (exact) mass is 226 g/mol. The van der Waals surface area contributed by atoms with E-state index in [2.05, 4.69) is 10.1 Å². The third-order valence-corrected chi connectivity index (χ3v) is 2.14. The molecule has 0 spiro atoms. The van der Waals surface area contributed by atoms with Gasteiger partial charge in [-0.25, -0.2) is 4.39 Å². The zero-order valence-electron chi connectivity index (χ0n) is 7.69. The molecule has 0 saturated heterocycles. The zero-order valence-corrected chi connectivity index (χ0v) is 8.45. The Bertz CT molecular complexity index is 463. The lowest BCUT2D eigenvalue weighted by Crippen LogP contribution is -2.01. The van der Waals surface area contributed by atoms with E-state index >= 15 is 0 Å². The van der Waals surface area contributed by atoms with Crippen molar-refractivity contribution in [2.75, 3.05) is 5.73 Å². The van der Waals surface area contributed by atoms with Crippen molar-refractivity contribution in [2.45, 2.75) is 6.54 Å². The van der Waals surface area contributed by atoms with Crippen molar-refractivity contribution in [3.8, 4) is 0 Å². The Morgan fingerprint density at radius 3 is 2.87 bits per heavy atom. The van der Waals surface area contributed by atoms with Gasteiger partial charge in [-0.15, -0.1) is 0 Å². The molecule has 0 bridgehead atoms. The molecule has 0 saturated carbocycles. The van der Waals surface area contributed by atoms with E-state index in [9.17, 15) is 4.39 Å². The van der Waals surface area contributed by atoms with E-state index < -0.39 is 0 Å². The summed E-state index contributed by atoms with van der Waals surface area (Å²) in [6, 6.07) is 1.39. The molecule has 0 aromatic carbocycles. The molecule has 0 fully saturated rings. The number of aromatic nitrogens is 3. The van der Waals surface area contributed by atoms with Gasteiger partial charge in [0.05, 0.1) is 12.7 Å². The Labute approximate surface area is 90.5 Å². The first-order valence-electron chi connectivity index (χ1n) is 4.23. The molecule has 6 heteroatoms. The molecule has 2 aromatic heterocycles. The highest BCUT2D eigenvalue weighted by Gasteiger charge is 2.03. The van der Waals surface area contributed by atoms with E-state index in [-0.39, 0.29) is 11.6 Å². The Morgan fingerprint density at radius 2 is 2.27 bits per heavy atom. The van der Waals surface area contributed by atoms with E-state index in [1.54, 1.807) is 12.4 Å². The third kappa shape index (κ3) is 2.24. The molecule has 0 aliphatic carbocycles. The van der Waals surface area contributed by atoms with Gasteiger partial charge in [0, 0.05) is 12.4 Å². The molecule has 4 nitrogen and oxygen atoms in total. The molecule has 2 N–H and O–H groups in total. The Hall–Kier alpha value is -1.62. The van der Waals surface area contributed by atoms with Crippen molar-refractivity contribution in [3.63, 3.8) is 0 Å². The molecular formula is C9H8ClFN4. The summed E-state index contributed by atoms with van der Waals surface area (Å²) < 4.78 is 14.3. The summed E-state index contributed by atoms with van der Waals surface area (Å²) >= 11 is 5.73. The molecule has 0 aliphatic rings. The molecule has 2 heterocycles. The predicted molar refractivity (Wildman–Crippen MR) is 54.9 cm³/mol. The topological polar surface area (TPSA) is 56.7 Å². The molecule has 0 amide bonds. The van der Waals surface area contributed by atoms with Crippen LogP contribution in [0.5, 0.6) is 0 Å². The minimum atomic E-state index is -0.376. The van der Waals surface area contributed by atoms with Gasteiger partial charge in [-0.2, -0.15) is 5.10 Å². The number of halogens is 2. The summed E-state index contributed by atoms with van der Waals surface area (Å²) in [6.45, 7) is 0.391. The highest BCUT2D eigenvalue weighted by atomic mass is 35.5. The van der Waals surface area contributed by atoms with E-state index in [0.717, 1.165) is 6.20 Å². The first-order valence-corrected chi connectivity index (χ1v) is 4.61. The third-order valence-electron chi connectivity index (χ3n) is 1.85. The smallest absolute Gasteiger partial charge is 0.164 e. The van der Waals surface area contributed by atoms with Gasteiger partial charge in [0.25, 0.3) is 0 Å². The SMILES string of the molecule is Nc1nn(Cc2cncc(F)c2)cc1Cl. The number of nitrogen functional groups attached to an aromatic ring is 1. The van der Waals surface area contributed by atoms with Crippen LogP contribution in [0.2, 0.25) is 5.02 Å². The normalized spacial score (nSPS) is 10.5. The lowest BCUT2D eigenvalue weighted by atomic mass is 10.3. The summed E-state index contributed by atoms with van der Waals surface area (Å²) in [5, 5.41) is 4.34. The van der Waals surface area contributed by atoms with Crippen LogP contribution in [0.15, 0.2) is 24.7 Å². The minimum Gasteiger partial charge on any atom is -0.381 e. The van der Waals surface area contributed by atoms with Gasteiger partial charge in [0.15, 0.2) is 5.82 Å². The van der Waals surface area contributed by atoms with Gasteiger partial charge in [-0.05, 0) is 11.6 Å². The molecule has 0 atom stereocenters. The van der Waals surface area contributed by atoms with Gasteiger partial charge < -0.3 is 5.73 Å². The molecule has 0 radical (unpaired) electrons. The number of anilines is 1. The van der Waals surface area contributed by atoms with Crippen LogP contribution in [0.1, 0.15) is 5.56 Å². The number of nitrogens with zero attached hydrogens (tertiary/aromatic N) is 3. The second-order valence-corrected chi connectivity index (χ2v) is 3.48. The fourth-order valence-electron chi connectivity index (χ4n) is 1.22. The van der Waals surface area contributed by atoms with Crippen LogP contribution in [0, 0.1) is 5.82 Å². The largest absolute Gasteiger partial charge is 0.381 e. The number of rotatable bonds is 2. The average molecular weight is 227 g/mol. The molecule has 78 valence electrons. The van der Waals surface area contributed by atoms with Crippen molar-refractivity contribution < 1.29 is 4.39 Å². The van der Waals surface area contributed by atoms with Crippen molar-refractivity contribution >= 4 is 17.4 Å². The van der Waals surface area contributed by atoms with Crippen molar-refractivity contribution in [3.05, 3.63) is 41.1 Å². The second kappa shape index (κ2) is 3.86. The van der Waals surface area contributed by atoms with Crippen LogP contribution >= 0.6 is 11.6 Å². The number of pyridine rings is 1. The van der Waals surface area contributed by atoms with Gasteiger partial charge in [0.1, 0.15) is 10.8 Å². The number of hydrogen-bond acceptors (Lipinski definition) is 3. The molecule has 2 aromatic rings. The van der Waals surface area contributed by atoms with Crippen LogP contribution < -0.4 is 5.73 Å². The highest BCUT2D eigenvalue weighted by Crippen LogP contribution is 2.16. The van der Waals surface area contributed by atoms with Crippen molar-refractivity contribution in [1.29, 1.82) is 0 Å². The minimum absolute atomic E-state index is 0.265. The average Bonchev–Trinajstić information content (AvgIpc) is 2.45. The Kier molecular flexibility index (Phi) is 2.55. The van der Waals surface area contributed by atoms with Gasteiger partial charge in [-0.1, -0.05) is 11.6 Å². The van der Waals surface area contributed by atoms with Crippen LogP contribution in [0.3, 0.4) is 0 Å². The fraction of sp³-hybridized carbons (Fsp3) is 0.111. The lowest BCUT2D eigenvalue weighted by Gasteiger charge is -2.00. The van der Waals surface area contributed by atoms with Crippen LogP contribution in [-0.2, 0) is 6.54 Å². The van der Waals surface area contributed by atoms with E-state index in [1.807, 2.05) is 0 Å². The van der Waals surface area contributed by atoms with Crippen molar-refractivity contribution in [2.24, 2.45) is 0 Å². The standard InChI is InChI=1S/C9H8ClFN4/c10-8-5-15(14-9(8)12)4-6-1-7(11)3-13-2-6/h1-3,5H,4H2,(H2,12,14). The predicted octanol–water partition coefficient (Wildman–Crippen LogP) is 1.70. The van der Waals surface area contributed by atoms with Crippen LogP contribution in [0.25, 0.3) is 0 Å². The lowest BCUT2D eigenvalue weighted by molar-refractivity contribution is 0.612. The first kappa shape index (κ1) is 9.92. The Morgan fingerprint density at radius 1 is 1.47 bits per heavy atom. The van der Waals surface area contributed by atoms with E-state index in [1.165, 1.54) is 10.7 Å². The summed E-state index contributed by atoms with van der Waals surface area (Å²) in [6.07, 6.45) is 4.30. The molecule has 0 unspecified atom stereocenters. The molecule has 15 heavy (non-hydrogen) atoms. The zero-order chi connectivity index (χ0) is 10.8. The van der Waals surface area contributed by atoms with Crippen LogP contribution in [-0.4, -0.2) is 14.8 Å². The van der Waals surface area contributed by atoms with Crippen LogP contribution in [0.4, 0.5) is 10.2 Å². The van der Waals surface area contributed by atoms with Crippen molar-refractivity contribution in [1.82, 2.24) is 14.8 Å². The first-order chi connectivity index (χ1) is 7.15. The fourth-order valence-corrected chi connectivity index (χ4v) is 1.37. The van der Waals surface area contributed by atoms with E-state index in [4.69, 9.17) is 17.3 Å². The maximum absolute atomic E-state index is 12.8. The summed E-state index contributed by atoms with van der Waals surface area (Å²) in [5.41, 5.74) is 6.17. The highest BCUT2D eigenvalue weighted by molar-refractivity contribution is 6.32.